The average Bonchev–Trinajstić information content (AvgIpc) is 3.08. The van der Waals surface area contributed by atoms with E-state index in [1.54, 1.807) is 23.1 Å². The Labute approximate surface area is 123 Å². The molecule has 5 heteroatoms. The van der Waals surface area contributed by atoms with E-state index in [0.717, 1.165) is 19.5 Å². The first-order valence-electron chi connectivity index (χ1n) is 6.85. The molecule has 3 nitrogen and oxygen atoms in total. The van der Waals surface area contributed by atoms with Crippen LogP contribution in [-0.4, -0.2) is 36.5 Å². The van der Waals surface area contributed by atoms with Crippen LogP contribution >= 0.6 is 23.1 Å². The van der Waals surface area contributed by atoms with E-state index in [1.165, 1.54) is 17.7 Å². The highest BCUT2D eigenvalue weighted by Crippen LogP contribution is 2.21. The molecule has 106 valence electrons. The summed E-state index contributed by atoms with van der Waals surface area (Å²) in [6, 6.07) is 4.68. The van der Waals surface area contributed by atoms with E-state index in [0.29, 0.717) is 17.7 Å². The van der Waals surface area contributed by atoms with Crippen LogP contribution in [0.25, 0.3) is 0 Å². The Bertz CT molecular complexity index is 375. The van der Waals surface area contributed by atoms with Gasteiger partial charge in [0.2, 0.25) is 5.91 Å². The average molecular weight is 298 g/mol. The van der Waals surface area contributed by atoms with Crippen molar-refractivity contribution in [1.82, 2.24) is 10.6 Å². The number of rotatable bonds is 7. The fourth-order valence-corrected chi connectivity index (χ4v) is 4.04. The van der Waals surface area contributed by atoms with E-state index in [-0.39, 0.29) is 5.91 Å². The van der Waals surface area contributed by atoms with E-state index >= 15 is 0 Å². The Morgan fingerprint density at radius 1 is 1.68 bits per heavy atom. The number of hydrogen-bond donors (Lipinski definition) is 2. The third-order valence-electron chi connectivity index (χ3n) is 3.51. The second-order valence-corrected chi connectivity index (χ2v) is 6.97. The second kappa shape index (κ2) is 7.92. The third-order valence-corrected chi connectivity index (χ3v) is 5.55. The Balaban J connectivity index is 1.67. The highest BCUT2D eigenvalue weighted by Gasteiger charge is 2.25. The first-order chi connectivity index (χ1) is 9.29. The van der Waals surface area contributed by atoms with Crippen LogP contribution in [0.15, 0.2) is 17.5 Å². The molecule has 0 aromatic carbocycles. The Morgan fingerprint density at radius 3 is 3.21 bits per heavy atom. The van der Waals surface area contributed by atoms with E-state index in [4.69, 9.17) is 0 Å². The molecule has 19 heavy (non-hydrogen) atoms. The summed E-state index contributed by atoms with van der Waals surface area (Å²) in [7, 11) is 0. The largest absolute Gasteiger partial charge is 0.356 e. The molecule has 2 unspecified atom stereocenters. The van der Waals surface area contributed by atoms with Crippen LogP contribution in [0.3, 0.4) is 0 Å². The second-order valence-electron chi connectivity index (χ2n) is 4.86. The lowest BCUT2D eigenvalue weighted by Crippen LogP contribution is -2.37. The number of thioether (sulfide) groups is 1. The van der Waals surface area contributed by atoms with Crippen LogP contribution < -0.4 is 10.6 Å². The minimum Gasteiger partial charge on any atom is -0.356 e. The lowest BCUT2D eigenvalue weighted by atomic mass is 10.1. The van der Waals surface area contributed by atoms with Crippen molar-refractivity contribution in [1.29, 1.82) is 0 Å². The van der Waals surface area contributed by atoms with Gasteiger partial charge in [-0.25, -0.2) is 0 Å². The van der Waals surface area contributed by atoms with Crippen molar-refractivity contribution in [2.45, 2.75) is 37.0 Å². The van der Waals surface area contributed by atoms with Crippen molar-refractivity contribution in [2.24, 2.45) is 0 Å². The first kappa shape index (κ1) is 14.9. The first-order valence-corrected chi connectivity index (χ1v) is 9.01. The van der Waals surface area contributed by atoms with Gasteiger partial charge in [-0.15, -0.1) is 11.3 Å². The van der Waals surface area contributed by atoms with E-state index < -0.39 is 0 Å². The Kier molecular flexibility index (Phi) is 6.20. The van der Waals surface area contributed by atoms with Crippen LogP contribution in [0.2, 0.25) is 0 Å². The van der Waals surface area contributed by atoms with Crippen LogP contribution in [-0.2, 0) is 11.2 Å². The van der Waals surface area contributed by atoms with Crippen molar-refractivity contribution in [3.8, 4) is 0 Å². The van der Waals surface area contributed by atoms with Gasteiger partial charge in [0.05, 0.1) is 0 Å². The van der Waals surface area contributed by atoms with E-state index in [9.17, 15) is 4.79 Å². The lowest BCUT2D eigenvalue weighted by Gasteiger charge is -2.21. The normalized spacial score (nSPS) is 20.4. The molecule has 2 N–H and O–H groups in total. The summed E-state index contributed by atoms with van der Waals surface area (Å²) in [6.45, 7) is 1.85. The van der Waals surface area contributed by atoms with Gasteiger partial charge in [-0.1, -0.05) is 6.07 Å². The molecular formula is C14H22N2OS2. The minimum atomic E-state index is 0.185. The predicted octanol–water partition coefficient (Wildman–Crippen LogP) is 2.28. The summed E-state index contributed by atoms with van der Waals surface area (Å²) >= 11 is 3.55. The maximum atomic E-state index is 11.9. The molecule has 0 aliphatic carbocycles. The number of hydrogen-bond acceptors (Lipinski definition) is 4. The molecular weight excluding hydrogens is 276 g/mol. The number of thiophene rings is 1. The Morgan fingerprint density at radius 2 is 2.58 bits per heavy atom. The van der Waals surface area contributed by atoms with Gasteiger partial charge < -0.3 is 10.6 Å². The summed E-state index contributed by atoms with van der Waals surface area (Å²) in [5.74, 6) is 0.185. The fourth-order valence-electron chi connectivity index (χ4n) is 2.45. The Hall–Kier alpha value is -0.520. The van der Waals surface area contributed by atoms with E-state index in [2.05, 4.69) is 34.4 Å². The van der Waals surface area contributed by atoms with Gasteiger partial charge >= 0.3 is 0 Å². The summed E-state index contributed by atoms with van der Waals surface area (Å²) in [5.41, 5.74) is 0. The molecule has 1 saturated heterocycles. The molecule has 0 bridgehead atoms. The SMILES string of the molecule is CSC(CC(=O)NCCc1cccs1)C1CCCN1. The summed E-state index contributed by atoms with van der Waals surface area (Å²) in [5, 5.41) is 9.01. The van der Waals surface area contributed by atoms with Gasteiger partial charge in [0.15, 0.2) is 0 Å². The molecule has 1 aromatic heterocycles. The monoisotopic (exact) mass is 298 g/mol. The standard InChI is InChI=1S/C14H22N2OS2/c1-18-13(12-5-2-7-15-12)10-14(17)16-8-6-11-4-3-9-19-11/h3-4,9,12-13,15H,2,5-8,10H2,1H3,(H,16,17). The molecule has 1 aromatic rings. The number of nitrogens with one attached hydrogen (secondary N) is 2. The highest BCUT2D eigenvalue weighted by molar-refractivity contribution is 7.99. The van der Waals surface area contributed by atoms with Crippen molar-refractivity contribution in [3.63, 3.8) is 0 Å². The van der Waals surface area contributed by atoms with Gasteiger partial charge in [0.1, 0.15) is 0 Å². The molecule has 2 atom stereocenters. The van der Waals surface area contributed by atoms with Crippen molar-refractivity contribution in [3.05, 3.63) is 22.4 Å². The maximum absolute atomic E-state index is 11.9. The molecule has 0 saturated carbocycles. The molecule has 2 heterocycles. The molecule has 0 radical (unpaired) electrons. The van der Waals surface area contributed by atoms with Gasteiger partial charge in [-0.2, -0.15) is 11.8 Å². The zero-order chi connectivity index (χ0) is 13.5. The number of carbonyl (C=O) groups excluding carboxylic acids is 1. The minimum absolute atomic E-state index is 0.185. The quantitative estimate of drug-likeness (QED) is 0.811. The van der Waals surface area contributed by atoms with E-state index in [1.807, 2.05) is 0 Å². The van der Waals surface area contributed by atoms with Gasteiger partial charge in [-0.3, -0.25) is 4.79 Å². The number of carbonyl (C=O) groups is 1. The van der Waals surface area contributed by atoms with Gasteiger partial charge in [-0.05, 0) is 43.5 Å². The van der Waals surface area contributed by atoms with Crippen LogP contribution in [0, 0.1) is 0 Å². The van der Waals surface area contributed by atoms with Crippen molar-refractivity contribution < 1.29 is 4.79 Å². The number of amides is 1. The van der Waals surface area contributed by atoms with Gasteiger partial charge in [0.25, 0.3) is 0 Å². The molecule has 0 spiro atoms. The summed E-state index contributed by atoms with van der Waals surface area (Å²) < 4.78 is 0. The smallest absolute Gasteiger partial charge is 0.221 e. The molecule has 1 aliphatic rings. The highest BCUT2D eigenvalue weighted by atomic mass is 32.2. The lowest BCUT2D eigenvalue weighted by molar-refractivity contribution is -0.121. The summed E-state index contributed by atoms with van der Waals surface area (Å²) in [6.07, 6.45) is 6.11. The van der Waals surface area contributed by atoms with Crippen LogP contribution in [0.5, 0.6) is 0 Å². The van der Waals surface area contributed by atoms with Crippen LogP contribution in [0.1, 0.15) is 24.1 Å². The third kappa shape index (κ3) is 4.82. The fraction of sp³-hybridized carbons (Fsp3) is 0.643. The molecule has 1 fully saturated rings. The molecule has 2 rings (SSSR count). The van der Waals surface area contributed by atoms with Crippen LogP contribution in [0.4, 0.5) is 0 Å². The molecule has 1 aliphatic heterocycles. The van der Waals surface area contributed by atoms with Crippen molar-refractivity contribution in [2.75, 3.05) is 19.3 Å². The van der Waals surface area contributed by atoms with Crippen molar-refractivity contribution >= 4 is 29.0 Å². The zero-order valence-corrected chi connectivity index (χ0v) is 13.0. The predicted molar refractivity (Wildman–Crippen MR) is 84.0 cm³/mol. The van der Waals surface area contributed by atoms with Gasteiger partial charge in [0, 0.05) is 29.1 Å². The maximum Gasteiger partial charge on any atom is 0.221 e. The summed E-state index contributed by atoms with van der Waals surface area (Å²) in [4.78, 5) is 13.3. The molecule has 1 amide bonds. The topological polar surface area (TPSA) is 41.1 Å². The zero-order valence-electron chi connectivity index (χ0n) is 11.4.